The number of thiophene rings is 1. The molecule has 0 bridgehead atoms. The van der Waals surface area contributed by atoms with Gasteiger partial charge in [0, 0.05) is 0 Å². The van der Waals surface area contributed by atoms with Gasteiger partial charge in [-0.05, 0) is 0 Å². The standard InChI is InChI=1S/C11H14GeS/c1-12(2,3)11-8-9-6-4-5-7-10(9)13-11/h4-8H,1-3H3. The molecule has 0 unspecified atom stereocenters. The van der Waals surface area contributed by atoms with E-state index < -0.39 is 13.3 Å². The maximum atomic E-state index is 2.45. The van der Waals surface area contributed by atoms with Gasteiger partial charge in [-0.3, -0.25) is 0 Å². The Labute approximate surface area is 86.0 Å². The van der Waals surface area contributed by atoms with Crippen LogP contribution in [0.25, 0.3) is 10.1 Å². The Kier molecular flexibility index (Phi) is 2.24. The van der Waals surface area contributed by atoms with Crippen molar-refractivity contribution < 1.29 is 0 Å². The van der Waals surface area contributed by atoms with Gasteiger partial charge in [-0.1, -0.05) is 0 Å². The molecule has 0 fully saturated rings. The van der Waals surface area contributed by atoms with E-state index in [0.717, 1.165) is 0 Å². The van der Waals surface area contributed by atoms with Gasteiger partial charge >= 0.3 is 86.0 Å². The summed E-state index contributed by atoms with van der Waals surface area (Å²) in [6.45, 7) is 0. The van der Waals surface area contributed by atoms with E-state index in [1.54, 1.807) is 3.71 Å². The third-order valence-electron chi connectivity index (χ3n) is 2.16. The molecule has 1 aromatic carbocycles. The van der Waals surface area contributed by atoms with Crippen LogP contribution in [-0.4, -0.2) is 13.3 Å². The van der Waals surface area contributed by atoms with E-state index >= 15 is 0 Å². The molecule has 0 aliphatic heterocycles. The Balaban J connectivity index is 2.63. The van der Waals surface area contributed by atoms with E-state index in [1.165, 1.54) is 10.1 Å². The molecule has 1 heterocycles. The molecule has 0 nitrogen and oxygen atoms in total. The monoisotopic (exact) mass is 252 g/mol. The van der Waals surface area contributed by atoms with Crippen LogP contribution in [-0.2, 0) is 0 Å². The molecular formula is C11H14GeS. The van der Waals surface area contributed by atoms with Crippen LogP contribution in [0, 0.1) is 0 Å². The number of fused-ring (bicyclic) bond motifs is 1. The van der Waals surface area contributed by atoms with E-state index in [9.17, 15) is 0 Å². The third-order valence-corrected chi connectivity index (χ3v) is 10.3. The Morgan fingerprint density at radius 2 is 1.77 bits per heavy atom. The number of rotatable bonds is 1. The summed E-state index contributed by atoms with van der Waals surface area (Å²) < 4.78 is 3.10. The molecule has 0 radical (unpaired) electrons. The van der Waals surface area contributed by atoms with E-state index in [2.05, 4.69) is 47.6 Å². The first-order valence-corrected chi connectivity index (χ1v) is 12.7. The average molecular weight is 251 g/mol. The first-order chi connectivity index (χ1) is 6.07. The van der Waals surface area contributed by atoms with Gasteiger partial charge in [0.15, 0.2) is 0 Å². The van der Waals surface area contributed by atoms with Crippen molar-refractivity contribution in [2.75, 3.05) is 0 Å². The van der Waals surface area contributed by atoms with Crippen LogP contribution in [0.15, 0.2) is 30.3 Å². The van der Waals surface area contributed by atoms with Gasteiger partial charge in [0.25, 0.3) is 0 Å². The minimum absolute atomic E-state index is 1.42. The predicted molar refractivity (Wildman–Crippen MR) is 64.8 cm³/mol. The fraction of sp³-hybridized carbons (Fsp3) is 0.273. The van der Waals surface area contributed by atoms with Crippen LogP contribution >= 0.6 is 11.3 Å². The van der Waals surface area contributed by atoms with Crippen LogP contribution in [0.5, 0.6) is 0 Å². The zero-order valence-electron chi connectivity index (χ0n) is 8.29. The van der Waals surface area contributed by atoms with Gasteiger partial charge in [-0.25, -0.2) is 0 Å². The molecule has 0 aliphatic rings. The van der Waals surface area contributed by atoms with Crippen LogP contribution < -0.4 is 3.71 Å². The second-order valence-electron chi connectivity index (χ2n) is 4.40. The van der Waals surface area contributed by atoms with Crippen molar-refractivity contribution in [2.45, 2.75) is 17.3 Å². The zero-order valence-corrected chi connectivity index (χ0v) is 11.2. The second kappa shape index (κ2) is 3.14. The van der Waals surface area contributed by atoms with Gasteiger partial charge in [0.2, 0.25) is 0 Å². The van der Waals surface area contributed by atoms with Crippen molar-refractivity contribution in [1.29, 1.82) is 0 Å². The molecule has 0 saturated heterocycles. The maximum absolute atomic E-state index is 2.45. The molecule has 2 heteroatoms. The summed E-state index contributed by atoms with van der Waals surface area (Å²) in [5.41, 5.74) is 0. The Hall–Kier alpha value is -0.277. The second-order valence-corrected chi connectivity index (χ2v) is 16.8. The molecule has 68 valence electrons. The molecule has 2 aromatic rings. The summed E-state index contributed by atoms with van der Waals surface area (Å²) in [4.78, 5) is 0. The quantitative estimate of drug-likeness (QED) is 0.681. The van der Waals surface area contributed by atoms with Gasteiger partial charge in [0.1, 0.15) is 0 Å². The van der Waals surface area contributed by atoms with Crippen LogP contribution in [0.3, 0.4) is 0 Å². The van der Waals surface area contributed by atoms with Crippen molar-refractivity contribution in [3.63, 3.8) is 0 Å². The van der Waals surface area contributed by atoms with Crippen LogP contribution in [0.2, 0.25) is 17.3 Å². The summed E-state index contributed by atoms with van der Waals surface area (Å²) in [5, 5.41) is 1.42. The molecule has 0 atom stereocenters. The fourth-order valence-corrected chi connectivity index (χ4v) is 6.33. The van der Waals surface area contributed by atoms with Crippen molar-refractivity contribution in [3.8, 4) is 0 Å². The summed E-state index contributed by atoms with van der Waals surface area (Å²) in [7, 11) is 0. The molecule has 0 N–H and O–H groups in total. The first kappa shape index (κ1) is 9.28. The molecule has 2 rings (SSSR count). The Morgan fingerprint density at radius 3 is 2.38 bits per heavy atom. The topological polar surface area (TPSA) is 0 Å². The molecule has 1 aromatic heterocycles. The van der Waals surface area contributed by atoms with E-state index in [-0.39, 0.29) is 0 Å². The van der Waals surface area contributed by atoms with E-state index in [1.807, 2.05) is 11.3 Å². The number of hydrogen-bond acceptors (Lipinski definition) is 1. The SMILES string of the molecule is [CH3][Ge]([CH3])([CH3])[c]1cc2ccccc2s1. The minimum atomic E-state index is -1.58. The summed E-state index contributed by atoms with van der Waals surface area (Å²) >= 11 is 0.407. The van der Waals surface area contributed by atoms with Crippen molar-refractivity contribution in [3.05, 3.63) is 30.3 Å². The Bertz CT molecular complexity index is 390. The third kappa shape index (κ3) is 1.81. The number of hydrogen-bond donors (Lipinski definition) is 0. The van der Waals surface area contributed by atoms with Crippen molar-refractivity contribution in [2.24, 2.45) is 0 Å². The summed E-state index contributed by atoms with van der Waals surface area (Å²) in [6.07, 6.45) is 0. The molecule has 0 aliphatic carbocycles. The van der Waals surface area contributed by atoms with Crippen molar-refractivity contribution in [1.82, 2.24) is 0 Å². The normalized spacial score (nSPS) is 12.2. The molecular weight excluding hydrogens is 237 g/mol. The van der Waals surface area contributed by atoms with Gasteiger partial charge < -0.3 is 0 Å². The molecule has 0 spiro atoms. The summed E-state index contributed by atoms with van der Waals surface area (Å²) in [6, 6.07) is 11.1. The zero-order chi connectivity index (χ0) is 9.47. The predicted octanol–water partition coefficient (Wildman–Crippen LogP) is 3.45. The van der Waals surface area contributed by atoms with Gasteiger partial charge in [-0.2, -0.15) is 0 Å². The summed E-state index contributed by atoms with van der Waals surface area (Å²) in [5.74, 6) is 7.35. The van der Waals surface area contributed by atoms with Crippen LogP contribution in [0.4, 0.5) is 0 Å². The van der Waals surface area contributed by atoms with Gasteiger partial charge in [-0.15, -0.1) is 0 Å². The van der Waals surface area contributed by atoms with E-state index in [4.69, 9.17) is 0 Å². The van der Waals surface area contributed by atoms with E-state index in [0.29, 0.717) is 0 Å². The fourth-order valence-electron chi connectivity index (χ4n) is 1.35. The van der Waals surface area contributed by atoms with Crippen LogP contribution in [0.1, 0.15) is 0 Å². The molecule has 0 amide bonds. The molecule has 13 heavy (non-hydrogen) atoms. The molecule has 0 saturated carbocycles. The first-order valence-electron chi connectivity index (χ1n) is 4.56. The number of benzene rings is 1. The Morgan fingerprint density at radius 1 is 1.08 bits per heavy atom. The average Bonchev–Trinajstić information content (AvgIpc) is 2.45. The van der Waals surface area contributed by atoms with Gasteiger partial charge in [0.05, 0.1) is 0 Å². The van der Waals surface area contributed by atoms with Crippen molar-refractivity contribution >= 4 is 38.4 Å².